The van der Waals surface area contributed by atoms with E-state index in [1.54, 1.807) is 18.2 Å². The van der Waals surface area contributed by atoms with Crippen molar-refractivity contribution < 1.29 is 30.0 Å². The molecule has 0 saturated carbocycles. The summed E-state index contributed by atoms with van der Waals surface area (Å²) in [6.45, 7) is 1.39. The standard InChI is InChI=1S/C15H20O6/c1-15(19,20)11-9-7-5-3-2-4-6-8-10-12-21-14(18)13(16)17/h2-4,6,9,11,14,18-20H,8,10,12H2,1H3,(H,16,17)/b3-2+,6-4+,11-9+. The third-order valence-corrected chi connectivity index (χ3v) is 1.99. The normalized spacial score (nSPS) is 13.7. The molecule has 0 aromatic carbocycles. The third kappa shape index (κ3) is 14.3. The summed E-state index contributed by atoms with van der Waals surface area (Å²) in [6.07, 6.45) is 8.94. The van der Waals surface area contributed by atoms with E-state index < -0.39 is 18.0 Å². The summed E-state index contributed by atoms with van der Waals surface area (Å²) < 4.78 is 4.64. The molecule has 0 aromatic heterocycles. The summed E-state index contributed by atoms with van der Waals surface area (Å²) in [6, 6.07) is 0. The molecule has 0 aliphatic heterocycles. The fourth-order valence-corrected chi connectivity index (χ4v) is 1.04. The number of aliphatic hydroxyl groups excluding tert-OH is 1. The molecule has 0 heterocycles. The van der Waals surface area contributed by atoms with Gasteiger partial charge in [0.25, 0.3) is 6.29 Å². The molecule has 0 bridgehead atoms. The van der Waals surface area contributed by atoms with Gasteiger partial charge in [-0.25, -0.2) is 4.79 Å². The Bertz CT molecular complexity index is 445. The van der Waals surface area contributed by atoms with Crippen molar-refractivity contribution in [3.63, 3.8) is 0 Å². The Morgan fingerprint density at radius 2 is 1.95 bits per heavy atom. The van der Waals surface area contributed by atoms with E-state index in [-0.39, 0.29) is 6.61 Å². The fourth-order valence-electron chi connectivity index (χ4n) is 1.04. The number of aliphatic hydroxyl groups is 3. The second kappa shape index (κ2) is 10.8. The molecule has 0 rings (SSSR count). The van der Waals surface area contributed by atoms with Crippen molar-refractivity contribution >= 4 is 5.97 Å². The van der Waals surface area contributed by atoms with Crippen LogP contribution in [0.1, 0.15) is 19.8 Å². The van der Waals surface area contributed by atoms with Gasteiger partial charge in [0.1, 0.15) is 0 Å². The van der Waals surface area contributed by atoms with Gasteiger partial charge in [0.15, 0.2) is 5.79 Å². The van der Waals surface area contributed by atoms with Crippen LogP contribution in [0.4, 0.5) is 0 Å². The predicted molar refractivity (Wildman–Crippen MR) is 76.9 cm³/mol. The lowest BCUT2D eigenvalue weighted by molar-refractivity contribution is -0.176. The van der Waals surface area contributed by atoms with E-state index in [1.165, 1.54) is 13.0 Å². The Labute approximate surface area is 123 Å². The summed E-state index contributed by atoms with van der Waals surface area (Å²) in [5, 5.41) is 35.0. The van der Waals surface area contributed by atoms with Crippen LogP contribution in [0, 0.1) is 11.8 Å². The van der Waals surface area contributed by atoms with Crippen molar-refractivity contribution in [1.29, 1.82) is 0 Å². The van der Waals surface area contributed by atoms with Gasteiger partial charge in [0.05, 0.1) is 6.61 Å². The van der Waals surface area contributed by atoms with Gasteiger partial charge in [-0.15, -0.1) is 0 Å². The van der Waals surface area contributed by atoms with E-state index in [9.17, 15) is 4.79 Å². The minimum absolute atomic E-state index is 0.160. The summed E-state index contributed by atoms with van der Waals surface area (Å²) in [7, 11) is 0. The van der Waals surface area contributed by atoms with Crippen molar-refractivity contribution in [3.8, 4) is 11.8 Å². The monoisotopic (exact) mass is 296 g/mol. The number of unbranched alkanes of at least 4 members (excludes halogenated alkanes) is 1. The highest BCUT2D eigenvalue weighted by Gasteiger charge is 2.11. The van der Waals surface area contributed by atoms with Crippen LogP contribution in [0.25, 0.3) is 0 Å². The van der Waals surface area contributed by atoms with Crippen LogP contribution in [0.15, 0.2) is 36.5 Å². The Morgan fingerprint density at radius 3 is 2.57 bits per heavy atom. The first-order valence-corrected chi connectivity index (χ1v) is 6.30. The molecule has 0 saturated heterocycles. The first-order valence-electron chi connectivity index (χ1n) is 6.30. The zero-order valence-electron chi connectivity index (χ0n) is 11.8. The maximum atomic E-state index is 10.2. The number of hydrogen-bond acceptors (Lipinski definition) is 5. The fraction of sp³-hybridized carbons (Fsp3) is 0.400. The zero-order chi connectivity index (χ0) is 16.1. The third-order valence-electron chi connectivity index (χ3n) is 1.99. The Balaban J connectivity index is 3.74. The van der Waals surface area contributed by atoms with Crippen LogP contribution in [0.5, 0.6) is 0 Å². The summed E-state index contributed by atoms with van der Waals surface area (Å²) >= 11 is 0. The molecule has 0 aliphatic carbocycles. The highest BCUT2D eigenvalue weighted by molar-refractivity contribution is 5.70. The summed E-state index contributed by atoms with van der Waals surface area (Å²) in [5.41, 5.74) is 0. The SMILES string of the molecule is CC(O)(O)/C=C/C#C/C=C/C=C/CCCOC(O)C(=O)O. The van der Waals surface area contributed by atoms with Crippen LogP contribution in [0.2, 0.25) is 0 Å². The molecule has 0 radical (unpaired) electrons. The van der Waals surface area contributed by atoms with Crippen molar-refractivity contribution in [2.45, 2.75) is 31.8 Å². The summed E-state index contributed by atoms with van der Waals surface area (Å²) in [5.74, 6) is 2.02. The van der Waals surface area contributed by atoms with Crippen molar-refractivity contribution in [2.24, 2.45) is 0 Å². The highest BCUT2D eigenvalue weighted by Crippen LogP contribution is 1.97. The van der Waals surface area contributed by atoms with E-state index in [4.69, 9.17) is 20.4 Å². The first-order chi connectivity index (χ1) is 9.83. The quantitative estimate of drug-likeness (QED) is 0.226. The number of aliphatic carboxylic acids is 1. The Kier molecular flexibility index (Phi) is 9.84. The topological polar surface area (TPSA) is 107 Å². The van der Waals surface area contributed by atoms with Crippen LogP contribution in [-0.4, -0.2) is 45.1 Å². The number of allylic oxidation sites excluding steroid dienone is 5. The molecule has 116 valence electrons. The average Bonchev–Trinajstić information content (AvgIpc) is 2.38. The van der Waals surface area contributed by atoms with E-state index >= 15 is 0 Å². The number of carboxylic acid groups (broad SMARTS) is 1. The number of carbonyl (C=O) groups is 1. The lowest BCUT2D eigenvalue weighted by Crippen LogP contribution is -2.23. The van der Waals surface area contributed by atoms with Gasteiger partial charge >= 0.3 is 5.97 Å². The first kappa shape index (κ1) is 19.1. The molecule has 0 fully saturated rings. The van der Waals surface area contributed by atoms with Gasteiger partial charge < -0.3 is 25.2 Å². The van der Waals surface area contributed by atoms with Gasteiger partial charge in [-0.3, -0.25) is 0 Å². The minimum Gasteiger partial charge on any atom is -0.477 e. The number of hydrogen-bond donors (Lipinski definition) is 4. The van der Waals surface area contributed by atoms with Crippen molar-refractivity contribution in [2.75, 3.05) is 6.61 Å². The van der Waals surface area contributed by atoms with E-state index in [2.05, 4.69) is 16.6 Å². The number of rotatable bonds is 8. The zero-order valence-corrected chi connectivity index (χ0v) is 11.8. The van der Waals surface area contributed by atoms with Crippen LogP contribution >= 0.6 is 0 Å². The Hall–Kier alpha value is -1.91. The molecule has 0 spiro atoms. The van der Waals surface area contributed by atoms with Gasteiger partial charge in [-0.05, 0) is 38.0 Å². The smallest absolute Gasteiger partial charge is 0.360 e. The minimum atomic E-state index is -1.85. The maximum Gasteiger partial charge on any atom is 0.360 e. The molecule has 6 nitrogen and oxygen atoms in total. The van der Waals surface area contributed by atoms with Crippen molar-refractivity contribution in [3.05, 3.63) is 36.5 Å². The molecule has 0 aromatic rings. The molecular weight excluding hydrogens is 276 g/mol. The van der Waals surface area contributed by atoms with Crippen LogP contribution in [0.3, 0.4) is 0 Å². The molecular formula is C15H20O6. The summed E-state index contributed by atoms with van der Waals surface area (Å²) in [4.78, 5) is 10.2. The van der Waals surface area contributed by atoms with Gasteiger partial charge in [-0.1, -0.05) is 30.1 Å². The van der Waals surface area contributed by atoms with E-state index in [0.717, 1.165) is 6.08 Å². The van der Waals surface area contributed by atoms with Crippen LogP contribution < -0.4 is 0 Å². The molecule has 1 atom stereocenters. The Morgan fingerprint density at radius 1 is 1.29 bits per heavy atom. The molecule has 21 heavy (non-hydrogen) atoms. The molecule has 0 amide bonds. The van der Waals surface area contributed by atoms with Gasteiger partial charge in [0, 0.05) is 0 Å². The average molecular weight is 296 g/mol. The number of carboxylic acids is 1. The predicted octanol–water partition coefficient (Wildman–Crippen LogP) is 0.559. The van der Waals surface area contributed by atoms with Gasteiger partial charge in [-0.2, -0.15) is 0 Å². The molecule has 0 aliphatic rings. The van der Waals surface area contributed by atoms with Crippen molar-refractivity contribution in [1.82, 2.24) is 0 Å². The lowest BCUT2D eigenvalue weighted by Gasteiger charge is -2.06. The van der Waals surface area contributed by atoms with E-state index in [0.29, 0.717) is 12.8 Å². The number of ether oxygens (including phenoxy) is 1. The lowest BCUT2D eigenvalue weighted by atomic mass is 10.3. The second-order valence-electron chi connectivity index (χ2n) is 4.21. The molecule has 1 unspecified atom stereocenters. The second-order valence-corrected chi connectivity index (χ2v) is 4.21. The molecule has 4 N–H and O–H groups in total. The van der Waals surface area contributed by atoms with E-state index in [1.807, 2.05) is 6.08 Å². The van der Waals surface area contributed by atoms with Gasteiger partial charge in [0.2, 0.25) is 0 Å². The molecule has 6 heteroatoms. The van der Waals surface area contributed by atoms with Crippen LogP contribution in [-0.2, 0) is 9.53 Å². The maximum absolute atomic E-state index is 10.2. The highest BCUT2D eigenvalue weighted by atomic mass is 16.6. The largest absolute Gasteiger partial charge is 0.477 e.